The highest BCUT2D eigenvalue weighted by atomic mass is 35.5. The molecule has 2 aromatic carbocycles. The molecule has 1 N–H and O–H groups in total. The molecule has 5 heteroatoms. The first-order valence-corrected chi connectivity index (χ1v) is 9.36. The van der Waals surface area contributed by atoms with Crippen LogP contribution >= 0.6 is 11.6 Å². The van der Waals surface area contributed by atoms with Gasteiger partial charge in [0, 0.05) is 36.3 Å². The van der Waals surface area contributed by atoms with Crippen molar-refractivity contribution in [2.24, 2.45) is 0 Å². The lowest BCUT2D eigenvalue weighted by Crippen LogP contribution is -2.31. The highest BCUT2D eigenvalue weighted by Gasteiger charge is 2.18. The zero-order valence-corrected chi connectivity index (χ0v) is 16.1. The van der Waals surface area contributed by atoms with Gasteiger partial charge in [0.25, 0.3) is 5.56 Å². The van der Waals surface area contributed by atoms with Crippen LogP contribution in [0.4, 0.5) is 0 Å². The Balaban J connectivity index is 1.96. The molecule has 0 unspecified atom stereocenters. The minimum absolute atomic E-state index is 0.0473. The van der Waals surface area contributed by atoms with Crippen LogP contribution in [0.3, 0.4) is 0 Å². The summed E-state index contributed by atoms with van der Waals surface area (Å²) >= 11 is 6.31. The van der Waals surface area contributed by atoms with Crippen LogP contribution in [0.1, 0.15) is 16.8 Å². The molecule has 0 amide bonds. The lowest BCUT2D eigenvalue weighted by molar-refractivity contribution is 0.412. The zero-order valence-electron chi connectivity index (χ0n) is 15.4. The molecule has 0 saturated heterocycles. The van der Waals surface area contributed by atoms with Crippen LogP contribution in [0.15, 0.2) is 53.3 Å². The predicted octanol–water partition coefficient (Wildman–Crippen LogP) is 4.12. The van der Waals surface area contributed by atoms with E-state index in [4.69, 9.17) is 16.3 Å². The Bertz CT molecular complexity index is 1070. The number of nitrogens with one attached hydrogen (secondary N) is 1. The molecule has 2 heterocycles. The van der Waals surface area contributed by atoms with Crippen molar-refractivity contribution in [3.63, 3.8) is 0 Å². The van der Waals surface area contributed by atoms with Crippen LogP contribution in [0.2, 0.25) is 5.02 Å². The van der Waals surface area contributed by atoms with Gasteiger partial charge in [0.05, 0.1) is 12.8 Å². The van der Waals surface area contributed by atoms with Crippen LogP contribution in [-0.4, -0.2) is 18.2 Å². The summed E-state index contributed by atoms with van der Waals surface area (Å²) in [5.41, 5.74) is 5.97. The summed E-state index contributed by atoms with van der Waals surface area (Å²) in [6.07, 6.45) is 0.801. The number of methoxy groups -OCH3 is 1. The average Bonchev–Trinajstić information content (AvgIpc) is 2.69. The smallest absolute Gasteiger partial charge is 0.255 e. The lowest BCUT2D eigenvalue weighted by atomic mass is 9.99. The molecule has 1 aliphatic rings. The van der Waals surface area contributed by atoms with Gasteiger partial charge in [0.2, 0.25) is 0 Å². The van der Waals surface area contributed by atoms with Gasteiger partial charge in [0.1, 0.15) is 5.75 Å². The van der Waals surface area contributed by atoms with E-state index in [1.165, 1.54) is 0 Å². The van der Waals surface area contributed by atoms with Gasteiger partial charge in [-0.1, -0.05) is 35.9 Å². The fourth-order valence-corrected chi connectivity index (χ4v) is 3.87. The van der Waals surface area contributed by atoms with Gasteiger partial charge in [0.15, 0.2) is 0 Å². The maximum absolute atomic E-state index is 12.8. The van der Waals surface area contributed by atoms with Crippen molar-refractivity contribution >= 4 is 11.6 Å². The van der Waals surface area contributed by atoms with Crippen molar-refractivity contribution < 1.29 is 4.74 Å². The van der Waals surface area contributed by atoms with E-state index in [2.05, 4.69) is 5.32 Å². The Morgan fingerprint density at radius 2 is 2.00 bits per heavy atom. The first-order chi connectivity index (χ1) is 13.1. The summed E-state index contributed by atoms with van der Waals surface area (Å²) in [5.74, 6) is 0.674. The first kappa shape index (κ1) is 17.8. The van der Waals surface area contributed by atoms with E-state index in [1.807, 2.05) is 49.4 Å². The second kappa shape index (κ2) is 7.22. The molecule has 0 fully saturated rings. The fraction of sp³-hybridized carbons (Fsp3) is 0.227. The molecule has 1 aliphatic heterocycles. The number of pyridine rings is 1. The van der Waals surface area contributed by atoms with E-state index in [0.29, 0.717) is 5.75 Å². The summed E-state index contributed by atoms with van der Waals surface area (Å²) < 4.78 is 7.38. The molecule has 0 saturated carbocycles. The van der Waals surface area contributed by atoms with E-state index >= 15 is 0 Å². The second-order valence-corrected chi connectivity index (χ2v) is 7.11. The molecule has 0 radical (unpaired) electrons. The van der Waals surface area contributed by atoms with Crippen LogP contribution in [-0.2, 0) is 13.0 Å². The van der Waals surface area contributed by atoms with E-state index in [-0.39, 0.29) is 5.56 Å². The summed E-state index contributed by atoms with van der Waals surface area (Å²) in [6.45, 7) is 3.63. The number of nitrogens with zero attached hydrogens (tertiary/aromatic N) is 1. The highest BCUT2D eigenvalue weighted by molar-refractivity contribution is 6.31. The maximum atomic E-state index is 12.8. The quantitative estimate of drug-likeness (QED) is 0.743. The molecular weight excluding hydrogens is 360 g/mol. The van der Waals surface area contributed by atoms with Crippen molar-refractivity contribution in [3.8, 4) is 22.6 Å². The van der Waals surface area contributed by atoms with Gasteiger partial charge in [-0.3, -0.25) is 9.36 Å². The van der Waals surface area contributed by atoms with Gasteiger partial charge >= 0.3 is 0 Å². The third-order valence-corrected chi connectivity index (χ3v) is 5.55. The first-order valence-electron chi connectivity index (χ1n) is 8.98. The molecule has 138 valence electrons. The molecule has 0 aliphatic carbocycles. The summed E-state index contributed by atoms with van der Waals surface area (Å²) in [5, 5.41) is 4.08. The molecule has 0 atom stereocenters. The van der Waals surface area contributed by atoms with Crippen molar-refractivity contribution in [3.05, 3.63) is 80.7 Å². The average molecular weight is 381 g/mol. The Labute approximate surface area is 163 Å². The molecule has 0 spiro atoms. The number of benzene rings is 2. The number of ether oxygens (including phenoxy) is 1. The van der Waals surface area contributed by atoms with Crippen LogP contribution < -0.4 is 15.6 Å². The normalized spacial score (nSPS) is 13.3. The zero-order chi connectivity index (χ0) is 19.0. The highest BCUT2D eigenvalue weighted by Crippen LogP contribution is 2.33. The van der Waals surface area contributed by atoms with Crippen molar-refractivity contribution in [2.75, 3.05) is 13.7 Å². The lowest BCUT2D eigenvalue weighted by Gasteiger charge is -2.23. The molecular formula is C22H21ClN2O2. The van der Waals surface area contributed by atoms with Gasteiger partial charge in [-0.25, -0.2) is 0 Å². The third kappa shape index (κ3) is 3.15. The van der Waals surface area contributed by atoms with Crippen molar-refractivity contribution in [2.45, 2.75) is 19.9 Å². The Morgan fingerprint density at radius 3 is 2.81 bits per heavy atom. The van der Waals surface area contributed by atoms with Gasteiger partial charge in [-0.15, -0.1) is 0 Å². The molecule has 0 bridgehead atoms. The fourth-order valence-electron chi connectivity index (χ4n) is 3.70. The van der Waals surface area contributed by atoms with Crippen molar-refractivity contribution in [1.29, 1.82) is 0 Å². The predicted molar refractivity (Wildman–Crippen MR) is 109 cm³/mol. The Hall–Kier alpha value is -2.56. The van der Waals surface area contributed by atoms with Gasteiger partial charge in [-0.05, 0) is 47.4 Å². The SMILES string of the molecule is COc1ccc(-c2cccc(Cl)c2C)cc1-n1c2c(ccc1=O)CNCC2. The van der Waals surface area contributed by atoms with Crippen LogP contribution in [0, 0.1) is 6.92 Å². The molecule has 3 aromatic rings. The largest absolute Gasteiger partial charge is 0.495 e. The van der Waals surface area contributed by atoms with E-state index in [0.717, 1.165) is 58.2 Å². The Kier molecular flexibility index (Phi) is 4.77. The molecule has 27 heavy (non-hydrogen) atoms. The number of fused-ring (bicyclic) bond motifs is 1. The standard InChI is InChI=1S/C22H21ClN2O2/c1-14-17(4-3-5-18(14)23)15-6-8-21(27-2)20(12-15)25-19-10-11-24-13-16(19)7-9-22(25)26/h3-9,12,24H,10-11,13H2,1-2H3. The summed E-state index contributed by atoms with van der Waals surface area (Å²) in [4.78, 5) is 12.8. The second-order valence-electron chi connectivity index (χ2n) is 6.70. The number of hydrogen-bond donors (Lipinski definition) is 1. The number of rotatable bonds is 3. The molecule has 1 aromatic heterocycles. The minimum Gasteiger partial charge on any atom is -0.495 e. The van der Waals surface area contributed by atoms with Crippen LogP contribution in [0.25, 0.3) is 16.8 Å². The summed E-state index contributed by atoms with van der Waals surface area (Å²) in [7, 11) is 1.63. The Morgan fingerprint density at radius 1 is 1.15 bits per heavy atom. The van der Waals surface area contributed by atoms with E-state index in [9.17, 15) is 4.79 Å². The minimum atomic E-state index is -0.0473. The number of hydrogen-bond acceptors (Lipinski definition) is 3. The van der Waals surface area contributed by atoms with E-state index in [1.54, 1.807) is 17.7 Å². The number of halogens is 1. The maximum Gasteiger partial charge on any atom is 0.255 e. The number of aromatic nitrogens is 1. The molecule has 4 nitrogen and oxygen atoms in total. The monoisotopic (exact) mass is 380 g/mol. The topological polar surface area (TPSA) is 43.3 Å². The van der Waals surface area contributed by atoms with Gasteiger partial charge < -0.3 is 10.1 Å². The van der Waals surface area contributed by atoms with E-state index < -0.39 is 0 Å². The molecule has 4 rings (SSSR count). The van der Waals surface area contributed by atoms with Crippen LogP contribution in [0.5, 0.6) is 5.75 Å². The summed E-state index contributed by atoms with van der Waals surface area (Å²) in [6, 6.07) is 15.3. The van der Waals surface area contributed by atoms with Gasteiger partial charge in [-0.2, -0.15) is 0 Å². The third-order valence-electron chi connectivity index (χ3n) is 5.14. The van der Waals surface area contributed by atoms with Crippen molar-refractivity contribution in [1.82, 2.24) is 9.88 Å².